The molecule has 0 aliphatic rings. The number of nitrogens with one attached hydrogen (secondary N) is 1. The molecule has 0 bridgehead atoms. The summed E-state index contributed by atoms with van der Waals surface area (Å²) in [5.41, 5.74) is 0. The van der Waals surface area contributed by atoms with Gasteiger partial charge < -0.3 is 20.5 Å². The van der Waals surface area contributed by atoms with E-state index in [-0.39, 0.29) is 18.2 Å². The van der Waals surface area contributed by atoms with Crippen LogP contribution in [-0.4, -0.2) is 32.1 Å². The van der Waals surface area contributed by atoms with Gasteiger partial charge in [-0.3, -0.25) is 9.36 Å². The van der Waals surface area contributed by atoms with E-state index in [1.807, 2.05) is 0 Å². The normalized spacial score (nSPS) is 12.1. The van der Waals surface area contributed by atoms with Gasteiger partial charge in [-0.25, -0.2) is 0 Å². The van der Waals surface area contributed by atoms with Crippen molar-refractivity contribution in [2.45, 2.75) is 6.92 Å². The third-order valence-electron chi connectivity index (χ3n) is 2.09. The van der Waals surface area contributed by atoms with Crippen molar-refractivity contribution in [3.63, 3.8) is 0 Å². The van der Waals surface area contributed by atoms with Crippen molar-refractivity contribution in [1.29, 1.82) is 0 Å². The lowest BCUT2D eigenvalue weighted by Crippen LogP contribution is -2.20. The summed E-state index contributed by atoms with van der Waals surface area (Å²) in [6.07, 6.45) is 1.30. The van der Waals surface area contributed by atoms with Crippen molar-refractivity contribution in [1.82, 2.24) is 9.55 Å². The summed E-state index contributed by atoms with van der Waals surface area (Å²) >= 11 is 0. The van der Waals surface area contributed by atoms with E-state index in [1.54, 1.807) is 7.05 Å². The highest BCUT2D eigenvalue weighted by molar-refractivity contribution is 5.70. The van der Waals surface area contributed by atoms with E-state index in [2.05, 4.69) is 10.3 Å². The molecule has 0 aliphatic carbocycles. The fourth-order valence-corrected chi connectivity index (χ4v) is 1.09. The lowest BCUT2D eigenvalue weighted by atomic mass is 10.2. The molecule has 1 atom stereocenters. The van der Waals surface area contributed by atoms with Gasteiger partial charge in [-0.05, 0) is 9.91 Å². The van der Waals surface area contributed by atoms with Crippen molar-refractivity contribution in [3.8, 4) is 0 Å². The highest BCUT2D eigenvalue weighted by Gasteiger charge is 2.21. The topological polar surface area (TPSA) is 110 Å². The highest BCUT2D eigenvalue weighted by atomic mass is 16.6. The number of nitro groups is 1. The van der Waals surface area contributed by atoms with Crippen LogP contribution in [0.5, 0.6) is 0 Å². The predicted molar refractivity (Wildman–Crippen MR) is 55.2 cm³/mol. The van der Waals surface area contributed by atoms with Gasteiger partial charge in [-0.2, -0.15) is 0 Å². The number of hydrogen-bond acceptors (Lipinski definition) is 5. The second-order valence-electron chi connectivity index (χ2n) is 3.40. The molecule has 0 amide bonds. The quantitative estimate of drug-likeness (QED) is 0.559. The van der Waals surface area contributed by atoms with Crippen molar-refractivity contribution >= 4 is 17.6 Å². The van der Waals surface area contributed by atoms with Gasteiger partial charge in [-0.15, -0.1) is 0 Å². The van der Waals surface area contributed by atoms with Crippen LogP contribution in [0.15, 0.2) is 6.33 Å². The van der Waals surface area contributed by atoms with E-state index >= 15 is 0 Å². The van der Waals surface area contributed by atoms with Gasteiger partial charge in [0.1, 0.15) is 0 Å². The van der Waals surface area contributed by atoms with Crippen LogP contribution < -0.4 is 5.32 Å². The lowest BCUT2D eigenvalue weighted by Gasteiger charge is -2.08. The molecule has 0 saturated carbocycles. The van der Waals surface area contributed by atoms with Crippen LogP contribution in [-0.2, 0) is 11.8 Å². The largest absolute Gasteiger partial charge is 0.481 e. The SMILES string of the molecule is CC(CNc1c([N+](=O)[O-])ncn1C)C(=O)O. The summed E-state index contributed by atoms with van der Waals surface area (Å²) in [4.78, 5) is 24.1. The summed E-state index contributed by atoms with van der Waals surface area (Å²) in [5, 5.41) is 22.0. The molecule has 1 heterocycles. The molecule has 1 unspecified atom stereocenters. The maximum absolute atomic E-state index is 10.6. The van der Waals surface area contributed by atoms with E-state index < -0.39 is 16.8 Å². The molecule has 1 rings (SSSR count). The average Bonchev–Trinajstić information content (AvgIpc) is 2.56. The Balaban J connectivity index is 2.77. The summed E-state index contributed by atoms with van der Waals surface area (Å²) < 4.78 is 1.44. The number of imidazole rings is 1. The summed E-state index contributed by atoms with van der Waals surface area (Å²) in [6, 6.07) is 0. The zero-order chi connectivity index (χ0) is 12.3. The average molecular weight is 228 g/mol. The molecule has 16 heavy (non-hydrogen) atoms. The lowest BCUT2D eigenvalue weighted by molar-refractivity contribution is -0.388. The zero-order valence-corrected chi connectivity index (χ0v) is 8.88. The van der Waals surface area contributed by atoms with Gasteiger partial charge in [0, 0.05) is 13.6 Å². The number of aromatic nitrogens is 2. The Hall–Kier alpha value is -2.12. The molecule has 88 valence electrons. The Morgan fingerprint density at radius 3 is 2.94 bits per heavy atom. The minimum atomic E-state index is -0.961. The highest BCUT2D eigenvalue weighted by Crippen LogP contribution is 2.21. The van der Waals surface area contributed by atoms with Gasteiger partial charge in [0.05, 0.1) is 5.92 Å². The second-order valence-corrected chi connectivity index (χ2v) is 3.40. The predicted octanol–water partition coefficient (Wildman–Crippen LogP) is 0.461. The molecule has 0 aromatic carbocycles. The minimum absolute atomic E-state index is 0.107. The van der Waals surface area contributed by atoms with Crippen molar-refractivity contribution < 1.29 is 14.8 Å². The monoisotopic (exact) mass is 228 g/mol. The first-order valence-electron chi connectivity index (χ1n) is 4.56. The number of rotatable bonds is 5. The Morgan fingerprint density at radius 2 is 2.44 bits per heavy atom. The molecular formula is C8H12N4O4. The number of carboxylic acid groups (broad SMARTS) is 1. The molecule has 0 radical (unpaired) electrons. The first-order chi connectivity index (χ1) is 7.43. The van der Waals surface area contributed by atoms with Crippen molar-refractivity contribution in [2.24, 2.45) is 13.0 Å². The second kappa shape index (κ2) is 4.60. The van der Waals surface area contributed by atoms with E-state index in [9.17, 15) is 14.9 Å². The van der Waals surface area contributed by atoms with Crippen LogP contribution in [0.25, 0.3) is 0 Å². The van der Waals surface area contributed by atoms with Gasteiger partial charge in [-0.1, -0.05) is 6.92 Å². The van der Waals surface area contributed by atoms with Crippen LogP contribution in [0, 0.1) is 16.0 Å². The van der Waals surface area contributed by atoms with E-state index in [0.717, 1.165) is 0 Å². The number of hydrogen-bond donors (Lipinski definition) is 2. The summed E-state index contributed by atoms with van der Waals surface area (Å²) in [5.74, 6) is -1.69. The number of aryl methyl sites for hydroxylation is 1. The Kier molecular flexibility index (Phi) is 3.44. The summed E-state index contributed by atoms with van der Waals surface area (Å²) in [6.45, 7) is 1.62. The van der Waals surface area contributed by atoms with E-state index in [0.29, 0.717) is 0 Å². The molecule has 8 nitrogen and oxygen atoms in total. The zero-order valence-electron chi connectivity index (χ0n) is 8.88. The van der Waals surface area contributed by atoms with E-state index in [4.69, 9.17) is 5.11 Å². The number of aliphatic carboxylic acids is 1. The van der Waals surface area contributed by atoms with Crippen LogP contribution in [0.4, 0.5) is 11.6 Å². The minimum Gasteiger partial charge on any atom is -0.481 e. The fraction of sp³-hybridized carbons (Fsp3) is 0.500. The Bertz CT molecular complexity index is 414. The van der Waals surface area contributed by atoms with Gasteiger partial charge in [0.2, 0.25) is 12.1 Å². The van der Waals surface area contributed by atoms with Gasteiger partial charge in [0.25, 0.3) is 0 Å². The van der Waals surface area contributed by atoms with Gasteiger partial charge in [0.15, 0.2) is 0 Å². The van der Waals surface area contributed by atoms with Crippen LogP contribution in [0.1, 0.15) is 6.92 Å². The molecular weight excluding hydrogens is 216 g/mol. The first-order valence-corrected chi connectivity index (χ1v) is 4.56. The fourth-order valence-electron chi connectivity index (χ4n) is 1.09. The van der Waals surface area contributed by atoms with Crippen LogP contribution >= 0.6 is 0 Å². The first kappa shape index (κ1) is 12.0. The number of nitrogens with zero attached hydrogens (tertiary/aromatic N) is 3. The Morgan fingerprint density at radius 1 is 1.81 bits per heavy atom. The van der Waals surface area contributed by atoms with Crippen molar-refractivity contribution in [2.75, 3.05) is 11.9 Å². The Labute approximate surface area is 91.1 Å². The molecule has 1 aromatic heterocycles. The molecule has 0 aliphatic heterocycles. The van der Waals surface area contributed by atoms with Crippen molar-refractivity contribution in [3.05, 3.63) is 16.4 Å². The third kappa shape index (κ3) is 2.47. The maximum atomic E-state index is 10.6. The molecule has 1 aromatic rings. The molecule has 0 fully saturated rings. The van der Waals surface area contributed by atoms with Gasteiger partial charge >= 0.3 is 11.8 Å². The third-order valence-corrected chi connectivity index (χ3v) is 2.09. The van der Waals surface area contributed by atoms with E-state index in [1.165, 1.54) is 17.8 Å². The molecule has 0 spiro atoms. The van der Waals surface area contributed by atoms with Crippen LogP contribution in [0.3, 0.4) is 0 Å². The number of carbonyl (C=O) groups is 1. The standard InChI is InChI=1S/C8H12N4O4/c1-5(8(13)14)3-9-6-7(12(15)16)10-4-11(6)2/h4-5,9H,3H2,1-2H3,(H,13,14). The molecule has 0 saturated heterocycles. The van der Waals surface area contributed by atoms with Crippen LogP contribution in [0.2, 0.25) is 0 Å². The smallest absolute Gasteiger partial charge is 0.406 e. The number of anilines is 1. The molecule has 8 heteroatoms. The summed E-state index contributed by atoms with van der Waals surface area (Å²) in [7, 11) is 1.59. The number of carboxylic acids is 1. The molecule has 2 N–H and O–H groups in total. The maximum Gasteiger partial charge on any atom is 0.406 e.